The third-order valence-electron chi connectivity index (χ3n) is 5.72. The molecule has 7 nitrogen and oxygen atoms in total. The molecule has 2 heterocycles. The van der Waals surface area contributed by atoms with Gasteiger partial charge in [-0.05, 0) is 37.1 Å². The molecule has 2 aromatic rings. The Morgan fingerprint density at radius 3 is 2.17 bits per heavy atom. The van der Waals surface area contributed by atoms with Gasteiger partial charge in [-0.25, -0.2) is 13.1 Å². The van der Waals surface area contributed by atoms with Crippen LogP contribution in [0.3, 0.4) is 0 Å². The van der Waals surface area contributed by atoms with Crippen molar-refractivity contribution in [2.45, 2.75) is 30.2 Å². The molecule has 0 aromatic heterocycles. The highest BCUT2D eigenvalue weighted by Crippen LogP contribution is 2.27. The summed E-state index contributed by atoms with van der Waals surface area (Å²) < 4.78 is 27.7. The van der Waals surface area contributed by atoms with Crippen LogP contribution in [-0.4, -0.2) is 50.8 Å². The molecule has 1 N–H and O–H groups in total. The Balaban J connectivity index is 1.32. The number of anilines is 1. The lowest BCUT2D eigenvalue weighted by Crippen LogP contribution is -2.48. The monoisotopic (exact) mass is 427 g/mol. The van der Waals surface area contributed by atoms with Gasteiger partial charge in [-0.3, -0.25) is 9.59 Å². The number of hydrogen-bond acceptors (Lipinski definition) is 4. The van der Waals surface area contributed by atoms with Gasteiger partial charge in [0.05, 0.1) is 10.8 Å². The molecule has 0 bridgehead atoms. The van der Waals surface area contributed by atoms with Gasteiger partial charge in [0.1, 0.15) is 0 Å². The number of para-hydroxylation sites is 1. The zero-order valence-corrected chi connectivity index (χ0v) is 17.4. The van der Waals surface area contributed by atoms with E-state index in [9.17, 15) is 18.0 Å². The van der Waals surface area contributed by atoms with E-state index in [-0.39, 0.29) is 35.1 Å². The number of sulfonamides is 1. The number of carbonyl (C=O) groups is 2. The van der Waals surface area contributed by atoms with E-state index >= 15 is 0 Å². The van der Waals surface area contributed by atoms with Crippen LogP contribution in [0.2, 0.25) is 0 Å². The molecule has 2 aliphatic heterocycles. The lowest BCUT2D eigenvalue weighted by Gasteiger charge is -2.33. The second kappa shape index (κ2) is 8.57. The van der Waals surface area contributed by atoms with Crippen LogP contribution < -0.4 is 9.62 Å². The first-order chi connectivity index (χ1) is 14.4. The van der Waals surface area contributed by atoms with E-state index in [2.05, 4.69) is 4.72 Å². The molecule has 4 rings (SSSR count). The summed E-state index contributed by atoms with van der Waals surface area (Å²) in [7, 11) is -3.56. The Morgan fingerprint density at radius 2 is 1.53 bits per heavy atom. The molecule has 2 saturated heterocycles. The number of hydrogen-bond donors (Lipinski definition) is 1. The summed E-state index contributed by atoms with van der Waals surface area (Å²) in [5.74, 6) is -0.411. The number of carbonyl (C=O) groups excluding carboxylic acids is 2. The van der Waals surface area contributed by atoms with Crippen molar-refractivity contribution < 1.29 is 18.0 Å². The predicted octanol–water partition coefficient (Wildman–Crippen LogP) is 2.01. The normalized spacial score (nSPS) is 20.5. The average molecular weight is 428 g/mol. The van der Waals surface area contributed by atoms with E-state index in [1.807, 2.05) is 30.3 Å². The number of likely N-dealkylation sites (tertiary alicyclic amines) is 1. The Kier molecular flexibility index (Phi) is 5.87. The van der Waals surface area contributed by atoms with Crippen molar-refractivity contribution in [3.63, 3.8) is 0 Å². The van der Waals surface area contributed by atoms with Gasteiger partial charge in [-0.1, -0.05) is 36.4 Å². The maximum atomic E-state index is 12.9. The first-order valence-corrected chi connectivity index (χ1v) is 11.6. The van der Waals surface area contributed by atoms with Gasteiger partial charge in [0.2, 0.25) is 21.8 Å². The van der Waals surface area contributed by atoms with E-state index < -0.39 is 10.0 Å². The van der Waals surface area contributed by atoms with Crippen molar-refractivity contribution >= 4 is 27.5 Å². The highest BCUT2D eigenvalue weighted by molar-refractivity contribution is 7.89. The zero-order chi connectivity index (χ0) is 21.1. The molecule has 2 amide bonds. The van der Waals surface area contributed by atoms with Crippen LogP contribution in [0.25, 0.3) is 0 Å². The van der Waals surface area contributed by atoms with Crippen molar-refractivity contribution in [2.75, 3.05) is 24.5 Å². The SMILES string of the molecule is O=C(C1CC(=O)N(c2ccccc2)C1)N1CCC(NS(=O)(=O)c2ccccc2)CC1. The minimum atomic E-state index is -3.56. The molecule has 158 valence electrons. The lowest BCUT2D eigenvalue weighted by atomic mass is 10.0. The van der Waals surface area contributed by atoms with E-state index in [1.165, 1.54) is 0 Å². The van der Waals surface area contributed by atoms with Crippen LogP contribution in [0.15, 0.2) is 65.6 Å². The van der Waals surface area contributed by atoms with Gasteiger partial charge < -0.3 is 9.80 Å². The highest BCUT2D eigenvalue weighted by Gasteiger charge is 2.38. The highest BCUT2D eigenvalue weighted by atomic mass is 32.2. The topological polar surface area (TPSA) is 86.8 Å². The molecular weight excluding hydrogens is 402 g/mol. The third kappa shape index (κ3) is 4.39. The van der Waals surface area contributed by atoms with Crippen LogP contribution >= 0.6 is 0 Å². The van der Waals surface area contributed by atoms with E-state index in [4.69, 9.17) is 0 Å². The molecular formula is C22H25N3O4S. The summed E-state index contributed by atoms with van der Waals surface area (Å²) in [6.45, 7) is 1.36. The van der Waals surface area contributed by atoms with Crippen LogP contribution in [0.1, 0.15) is 19.3 Å². The maximum absolute atomic E-state index is 12.9. The zero-order valence-electron chi connectivity index (χ0n) is 16.6. The molecule has 2 fully saturated rings. The number of amides is 2. The summed E-state index contributed by atoms with van der Waals surface area (Å²) in [6, 6.07) is 17.5. The van der Waals surface area contributed by atoms with Crippen LogP contribution in [-0.2, 0) is 19.6 Å². The second-order valence-electron chi connectivity index (χ2n) is 7.77. The van der Waals surface area contributed by atoms with Crippen LogP contribution in [0, 0.1) is 5.92 Å². The van der Waals surface area contributed by atoms with Crippen molar-refractivity contribution in [3.05, 3.63) is 60.7 Å². The molecule has 0 aliphatic carbocycles. The largest absolute Gasteiger partial charge is 0.342 e. The molecule has 2 aromatic carbocycles. The van der Waals surface area contributed by atoms with E-state index in [0.717, 1.165) is 5.69 Å². The predicted molar refractivity (Wildman–Crippen MR) is 113 cm³/mol. The lowest BCUT2D eigenvalue weighted by molar-refractivity contribution is -0.136. The molecule has 1 unspecified atom stereocenters. The fraction of sp³-hybridized carbons (Fsp3) is 0.364. The second-order valence-corrected chi connectivity index (χ2v) is 9.49. The molecule has 0 radical (unpaired) electrons. The van der Waals surface area contributed by atoms with Crippen molar-refractivity contribution in [2.24, 2.45) is 5.92 Å². The Morgan fingerprint density at radius 1 is 0.933 bits per heavy atom. The van der Waals surface area contributed by atoms with Gasteiger partial charge >= 0.3 is 0 Å². The van der Waals surface area contributed by atoms with Crippen molar-refractivity contribution in [3.8, 4) is 0 Å². The quantitative estimate of drug-likeness (QED) is 0.791. The molecule has 0 spiro atoms. The maximum Gasteiger partial charge on any atom is 0.240 e. The van der Waals surface area contributed by atoms with E-state index in [1.54, 1.807) is 40.1 Å². The summed E-state index contributed by atoms with van der Waals surface area (Å²) >= 11 is 0. The van der Waals surface area contributed by atoms with Gasteiger partial charge in [-0.2, -0.15) is 0 Å². The smallest absolute Gasteiger partial charge is 0.240 e. The molecule has 0 saturated carbocycles. The summed E-state index contributed by atoms with van der Waals surface area (Å²) in [5, 5.41) is 0. The first kappa shape index (κ1) is 20.6. The van der Waals surface area contributed by atoms with Crippen molar-refractivity contribution in [1.82, 2.24) is 9.62 Å². The fourth-order valence-corrected chi connectivity index (χ4v) is 5.42. The Labute approximate surface area is 176 Å². The number of nitrogens with one attached hydrogen (secondary N) is 1. The minimum Gasteiger partial charge on any atom is -0.342 e. The van der Waals surface area contributed by atoms with Gasteiger partial charge in [0, 0.05) is 37.8 Å². The number of rotatable bonds is 5. The molecule has 30 heavy (non-hydrogen) atoms. The number of piperidine rings is 1. The fourth-order valence-electron chi connectivity index (χ4n) is 4.09. The molecule has 8 heteroatoms. The summed E-state index contributed by atoms with van der Waals surface area (Å²) in [6.07, 6.45) is 1.33. The van der Waals surface area contributed by atoms with Gasteiger partial charge in [-0.15, -0.1) is 0 Å². The number of nitrogens with zero attached hydrogens (tertiary/aromatic N) is 2. The van der Waals surface area contributed by atoms with Gasteiger partial charge in [0.15, 0.2) is 0 Å². The molecule has 2 aliphatic rings. The summed E-state index contributed by atoms with van der Waals surface area (Å²) in [4.78, 5) is 29.0. The average Bonchev–Trinajstić information content (AvgIpc) is 3.16. The van der Waals surface area contributed by atoms with Crippen molar-refractivity contribution in [1.29, 1.82) is 0 Å². The van der Waals surface area contributed by atoms with Gasteiger partial charge in [0.25, 0.3) is 0 Å². The molecule has 1 atom stereocenters. The van der Waals surface area contributed by atoms with E-state index in [0.29, 0.717) is 32.5 Å². The Hall–Kier alpha value is -2.71. The summed E-state index contributed by atoms with van der Waals surface area (Å²) in [5.41, 5.74) is 0.812. The standard InChI is InChI=1S/C22H25N3O4S/c26-21-15-17(16-25(21)19-7-3-1-4-8-19)22(27)24-13-11-18(12-14-24)23-30(28,29)20-9-5-2-6-10-20/h1-10,17-18,23H,11-16H2. The van der Waals surface area contributed by atoms with Crippen LogP contribution in [0.4, 0.5) is 5.69 Å². The Bertz CT molecular complexity index is 1000. The first-order valence-electron chi connectivity index (χ1n) is 10.2. The van der Waals surface area contributed by atoms with Crippen LogP contribution in [0.5, 0.6) is 0 Å². The minimum absolute atomic E-state index is 0.0221. The number of benzene rings is 2. The third-order valence-corrected chi connectivity index (χ3v) is 7.26.